The Kier molecular flexibility index (Phi) is 6.01. The summed E-state index contributed by atoms with van der Waals surface area (Å²) >= 11 is 0. The van der Waals surface area contributed by atoms with E-state index in [9.17, 15) is 14.4 Å². The zero-order chi connectivity index (χ0) is 18.7. The van der Waals surface area contributed by atoms with Crippen LogP contribution in [0.1, 0.15) is 44.9 Å². The lowest BCUT2D eigenvalue weighted by atomic mass is 9.86. The zero-order valence-electron chi connectivity index (χ0n) is 15.4. The fourth-order valence-corrected chi connectivity index (χ4v) is 4.32. The number of hydrogen-bond acceptors (Lipinski definition) is 4. The summed E-state index contributed by atoms with van der Waals surface area (Å²) in [4.78, 5) is 40.1. The number of likely N-dealkylation sites (tertiary alicyclic amines) is 2. The normalized spacial score (nSPS) is 31.9. The number of urea groups is 1. The molecule has 2 heterocycles. The van der Waals surface area contributed by atoms with Gasteiger partial charge in [0.2, 0.25) is 5.91 Å². The second-order valence-electron chi connectivity index (χ2n) is 7.63. The first-order valence-corrected chi connectivity index (χ1v) is 9.61. The fraction of sp³-hybridized carbons (Fsp3) is 0.833. The number of carboxylic acid groups (broad SMARTS) is 1. The van der Waals surface area contributed by atoms with Crippen molar-refractivity contribution in [2.24, 2.45) is 5.92 Å². The summed E-state index contributed by atoms with van der Waals surface area (Å²) in [6.45, 7) is 1.94. The predicted octanol–water partition coefficient (Wildman–Crippen LogP) is 1.05. The average Bonchev–Trinajstić information content (AvgIpc) is 3.31. The average molecular weight is 367 g/mol. The Morgan fingerprint density at radius 3 is 2.31 bits per heavy atom. The summed E-state index contributed by atoms with van der Waals surface area (Å²) < 4.78 is 5.41. The first kappa shape index (κ1) is 18.9. The highest BCUT2D eigenvalue weighted by molar-refractivity contribution is 5.88. The summed E-state index contributed by atoms with van der Waals surface area (Å²) in [5.41, 5.74) is 0. The molecule has 2 N–H and O–H groups in total. The highest BCUT2D eigenvalue weighted by atomic mass is 16.5. The molecule has 0 spiro atoms. The molecule has 1 saturated carbocycles. The Balaban J connectivity index is 1.59. The molecule has 146 valence electrons. The molecule has 3 fully saturated rings. The van der Waals surface area contributed by atoms with Gasteiger partial charge in [0.1, 0.15) is 6.04 Å². The molecule has 0 bridgehead atoms. The number of carbonyl (C=O) groups is 3. The molecule has 2 saturated heterocycles. The van der Waals surface area contributed by atoms with Crippen LogP contribution >= 0.6 is 0 Å². The van der Waals surface area contributed by atoms with Crippen LogP contribution in [0.5, 0.6) is 0 Å². The molecular formula is C18H29N3O5. The van der Waals surface area contributed by atoms with E-state index in [1.807, 2.05) is 4.90 Å². The van der Waals surface area contributed by atoms with E-state index < -0.39 is 12.0 Å². The van der Waals surface area contributed by atoms with Crippen molar-refractivity contribution in [3.8, 4) is 0 Å². The molecule has 8 heteroatoms. The summed E-state index contributed by atoms with van der Waals surface area (Å²) in [5, 5.41) is 12.1. The molecule has 0 aromatic heterocycles. The molecule has 2 aliphatic heterocycles. The van der Waals surface area contributed by atoms with Crippen LogP contribution < -0.4 is 5.32 Å². The van der Waals surface area contributed by atoms with Crippen molar-refractivity contribution in [3.63, 3.8) is 0 Å². The standard InChI is InChI=1S/C18H29N3O5/c1-26-14-10-15(16(22)20-8-2-3-9-20)21(11-14)18(25)19-13-6-4-12(5-7-13)17(23)24/h12-15H,2-11H2,1H3,(H,19,25)(H,23,24)/t12?,13?,14-,15-/m0/s1. The lowest BCUT2D eigenvalue weighted by molar-refractivity contribution is -0.143. The lowest BCUT2D eigenvalue weighted by Gasteiger charge is -2.31. The van der Waals surface area contributed by atoms with Crippen LogP contribution in [0.4, 0.5) is 4.79 Å². The van der Waals surface area contributed by atoms with Crippen LogP contribution in [-0.2, 0) is 14.3 Å². The highest BCUT2D eigenvalue weighted by Crippen LogP contribution is 2.27. The number of rotatable bonds is 4. The van der Waals surface area contributed by atoms with Gasteiger partial charge >= 0.3 is 12.0 Å². The summed E-state index contributed by atoms with van der Waals surface area (Å²) in [7, 11) is 1.61. The van der Waals surface area contributed by atoms with Gasteiger partial charge in [-0.1, -0.05) is 0 Å². The van der Waals surface area contributed by atoms with Crippen molar-refractivity contribution in [3.05, 3.63) is 0 Å². The number of nitrogens with one attached hydrogen (secondary N) is 1. The predicted molar refractivity (Wildman–Crippen MR) is 93.6 cm³/mol. The number of ether oxygens (including phenoxy) is 1. The van der Waals surface area contributed by atoms with Crippen LogP contribution in [0.15, 0.2) is 0 Å². The quantitative estimate of drug-likeness (QED) is 0.774. The Labute approximate surface area is 153 Å². The largest absolute Gasteiger partial charge is 0.481 e. The lowest BCUT2D eigenvalue weighted by Crippen LogP contribution is -2.52. The SMILES string of the molecule is CO[C@H]1C[C@@H](C(=O)N2CCCC2)N(C(=O)NC2CCC(C(=O)O)CC2)C1. The smallest absolute Gasteiger partial charge is 0.318 e. The minimum atomic E-state index is -0.756. The van der Waals surface area contributed by atoms with Gasteiger partial charge in [-0.3, -0.25) is 9.59 Å². The third-order valence-electron chi connectivity index (χ3n) is 5.96. The Morgan fingerprint density at radius 1 is 1.08 bits per heavy atom. The molecule has 26 heavy (non-hydrogen) atoms. The van der Waals surface area contributed by atoms with Gasteiger partial charge in [0, 0.05) is 39.2 Å². The zero-order valence-corrected chi connectivity index (χ0v) is 15.4. The van der Waals surface area contributed by atoms with Gasteiger partial charge in [-0.15, -0.1) is 0 Å². The van der Waals surface area contributed by atoms with Gasteiger partial charge < -0.3 is 25.0 Å². The van der Waals surface area contributed by atoms with E-state index in [-0.39, 0.29) is 30.0 Å². The maximum absolute atomic E-state index is 12.8. The van der Waals surface area contributed by atoms with Crippen molar-refractivity contribution in [1.29, 1.82) is 0 Å². The maximum atomic E-state index is 12.8. The van der Waals surface area contributed by atoms with Crippen molar-refractivity contribution in [1.82, 2.24) is 15.1 Å². The molecule has 8 nitrogen and oxygen atoms in total. The van der Waals surface area contributed by atoms with E-state index >= 15 is 0 Å². The fourth-order valence-electron chi connectivity index (χ4n) is 4.32. The second kappa shape index (κ2) is 8.24. The molecular weight excluding hydrogens is 338 g/mol. The molecule has 0 aromatic rings. The molecule has 3 rings (SSSR count). The number of carboxylic acids is 1. The topological polar surface area (TPSA) is 99.2 Å². The Morgan fingerprint density at radius 2 is 1.73 bits per heavy atom. The van der Waals surface area contributed by atoms with Crippen LogP contribution in [0.25, 0.3) is 0 Å². The van der Waals surface area contributed by atoms with Crippen LogP contribution in [-0.4, -0.2) is 77.7 Å². The maximum Gasteiger partial charge on any atom is 0.318 e. The Bertz CT molecular complexity index is 541. The van der Waals surface area contributed by atoms with E-state index in [2.05, 4.69) is 5.32 Å². The molecule has 0 radical (unpaired) electrons. The number of aliphatic carboxylic acids is 1. The van der Waals surface area contributed by atoms with E-state index in [4.69, 9.17) is 9.84 Å². The number of carbonyl (C=O) groups excluding carboxylic acids is 2. The van der Waals surface area contributed by atoms with E-state index in [1.165, 1.54) is 0 Å². The summed E-state index contributed by atoms with van der Waals surface area (Å²) in [6.07, 6.45) is 4.93. The molecule has 0 aromatic carbocycles. The third-order valence-corrected chi connectivity index (χ3v) is 5.96. The van der Waals surface area contributed by atoms with Gasteiger partial charge in [0.25, 0.3) is 0 Å². The van der Waals surface area contributed by atoms with Gasteiger partial charge in [-0.05, 0) is 38.5 Å². The van der Waals surface area contributed by atoms with Gasteiger partial charge in [-0.25, -0.2) is 4.79 Å². The van der Waals surface area contributed by atoms with Crippen molar-refractivity contribution in [2.75, 3.05) is 26.7 Å². The van der Waals surface area contributed by atoms with Crippen molar-refractivity contribution >= 4 is 17.9 Å². The summed E-state index contributed by atoms with van der Waals surface area (Å²) in [5.74, 6) is -1.04. The molecule has 2 atom stereocenters. The van der Waals surface area contributed by atoms with Gasteiger partial charge in [0.05, 0.1) is 12.0 Å². The number of nitrogens with zero attached hydrogens (tertiary/aromatic N) is 2. The number of hydrogen-bond donors (Lipinski definition) is 2. The minimum absolute atomic E-state index is 0.0202. The van der Waals surface area contributed by atoms with Crippen LogP contribution in [0, 0.1) is 5.92 Å². The minimum Gasteiger partial charge on any atom is -0.481 e. The van der Waals surface area contributed by atoms with Crippen LogP contribution in [0.2, 0.25) is 0 Å². The van der Waals surface area contributed by atoms with E-state index in [0.29, 0.717) is 38.6 Å². The first-order chi connectivity index (χ1) is 12.5. The summed E-state index contributed by atoms with van der Waals surface area (Å²) in [6, 6.07) is -0.725. The highest BCUT2D eigenvalue weighted by Gasteiger charge is 2.42. The second-order valence-corrected chi connectivity index (χ2v) is 7.63. The first-order valence-electron chi connectivity index (χ1n) is 9.61. The monoisotopic (exact) mass is 367 g/mol. The molecule has 1 aliphatic carbocycles. The number of methoxy groups -OCH3 is 1. The van der Waals surface area contributed by atoms with E-state index in [0.717, 1.165) is 25.9 Å². The van der Waals surface area contributed by atoms with E-state index in [1.54, 1.807) is 12.0 Å². The van der Waals surface area contributed by atoms with Gasteiger partial charge in [0.15, 0.2) is 0 Å². The van der Waals surface area contributed by atoms with Crippen molar-refractivity contribution < 1.29 is 24.2 Å². The van der Waals surface area contributed by atoms with Crippen molar-refractivity contribution in [2.45, 2.75) is 63.1 Å². The van der Waals surface area contributed by atoms with Gasteiger partial charge in [-0.2, -0.15) is 0 Å². The third kappa shape index (κ3) is 4.11. The van der Waals surface area contributed by atoms with Crippen LogP contribution in [0.3, 0.4) is 0 Å². The number of amides is 3. The molecule has 3 aliphatic rings. The Hall–Kier alpha value is -1.83. The molecule has 3 amide bonds. The molecule has 0 unspecified atom stereocenters.